The number of imidazole rings is 1. The van der Waals surface area contributed by atoms with Gasteiger partial charge in [-0.3, -0.25) is 4.40 Å². The van der Waals surface area contributed by atoms with Gasteiger partial charge in [0.1, 0.15) is 5.65 Å². The number of pyridine rings is 1. The Balaban J connectivity index is 1.29. The molecule has 36 heavy (non-hydrogen) atoms. The summed E-state index contributed by atoms with van der Waals surface area (Å²) in [5.41, 5.74) is 6.42. The van der Waals surface area contributed by atoms with Crippen LogP contribution in [-0.2, 0) is 6.54 Å². The third-order valence-corrected chi connectivity index (χ3v) is 6.91. The SMILES string of the molecule is C[C@@H]1C=C(c2ccc3ncc(F)n3c2)c2cnc(Nc3cccc(N4CCN(C)CC4)c3)nc2CN1. The molecule has 2 aliphatic rings. The number of likely N-dealkylation sites (N-methyl/N-ethyl adjacent to an activating group) is 1. The topological polar surface area (TPSA) is 73.6 Å². The van der Waals surface area contributed by atoms with E-state index in [9.17, 15) is 4.39 Å². The normalized spacial score (nSPS) is 18.6. The molecule has 0 saturated carbocycles. The van der Waals surface area contributed by atoms with E-state index in [0.717, 1.165) is 54.3 Å². The summed E-state index contributed by atoms with van der Waals surface area (Å²) in [6, 6.07) is 12.3. The zero-order valence-corrected chi connectivity index (χ0v) is 20.4. The Morgan fingerprint density at radius 2 is 1.92 bits per heavy atom. The molecular weight excluding hydrogens is 455 g/mol. The number of hydrogen-bond donors (Lipinski definition) is 2. The summed E-state index contributed by atoms with van der Waals surface area (Å²) < 4.78 is 15.7. The molecule has 0 radical (unpaired) electrons. The molecule has 1 saturated heterocycles. The largest absolute Gasteiger partial charge is 0.369 e. The summed E-state index contributed by atoms with van der Waals surface area (Å²) in [7, 11) is 2.16. The van der Waals surface area contributed by atoms with E-state index in [4.69, 9.17) is 4.98 Å². The van der Waals surface area contributed by atoms with E-state index >= 15 is 0 Å². The molecule has 0 aliphatic carbocycles. The Hall–Kier alpha value is -3.82. The lowest BCUT2D eigenvalue weighted by atomic mass is 9.98. The van der Waals surface area contributed by atoms with Crippen LogP contribution >= 0.6 is 0 Å². The zero-order chi connectivity index (χ0) is 24.6. The first-order chi connectivity index (χ1) is 17.5. The molecule has 1 atom stereocenters. The van der Waals surface area contributed by atoms with E-state index in [1.165, 1.54) is 16.3 Å². The Morgan fingerprint density at radius 3 is 2.78 bits per heavy atom. The second-order valence-corrected chi connectivity index (χ2v) is 9.50. The fraction of sp³-hybridized carbons (Fsp3) is 0.296. The third kappa shape index (κ3) is 4.43. The minimum atomic E-state index is -0.387. The maximum absolute atomic E-state index is 14.2. The third-order valence-electron chi connectivity index (χ3n) is 6.91. The fourth-order valence-electron chi connectivity index (χ4n) is 4.83. The number of piperazine rings is 1. The molecule has 3 aromatic heterocycles. The molecule has 184 valence electrons. The van der Waals surface area contributed by atoms with Crippen molar-refractivity contribution in [2.45, 2.75) is 19.5 Å². The highest BCUT2D eigenvalue weighted by atomic mass is 19.1. The van der Waals surface area contributed by atoms with Crippen molar-refractivity contribution in [3.63, 3.8) is 0 Å². The Kier molecular flexibility index (Phi) is 5.86. The van der Waals surface area contributed by atoms with Crippen molar-refractivity contribution in [3.05, 3.63) is 83.8 Å². The van der Waals surface area contributed by atoms with Gasteiger partial charge in [0.15, 0.2) is 0 Å². The fourth-order valence-corrected chi connectivity index (χ4v) is 4.83. The molecule has 5 heterocycles. The number of rotatable bonds is 4. The quantitative estimate of drug-likeness (QED) is 0.458. The van der Waals surface area contributed by atoms with Gasteiger partial charge in [-0.25, -0.2) is 15.0 Å². The van der Waals surface area contributed by atoms with E-state index in [2.05, 4.69) is 68.6 Å². The first kappa shape index (κ1) is 22.6. The molecule has 4 aromatic rings. The van der Waals surface area contributed by atoms with Crippen LogP contribution in [0.1, 0.15) is 23.7 Å². The van der Waals surface area contributed by atoms with Crippen molar-refractivity contribution < 1.29 is 4.39 Å². The van der Waals surface area contributed by atoms with Crippen molar-refractivity contribution in [3.8, 4) is 0 Å². The van der Waals surface area contributed by atoms with Gasteiger partial charge >= 0.3 is 0 Å². The standard InChI is InChI=1S/C27H29FN8/c1-18-12-22(19-6-7-26-30-16-25(28)36(26)17-19)23-14-31-27(33-24(23)15-29-18)32-20-4-3-5-21(13-20)35-10-8-34(2)9-11-35/h3-7,12-14,16-18,29H,8-11,15H2,1-2H3,(H,31,32,33)/t18-/m1/s1. The van der Waals surface area contributed by atoms with Crippen LogP contribution in [0.15, 0.2) is 61.1 Å². The zero-order valence-electron chi connectivity index (χ0n) is 20.4. The smallest absolute Gasteiger partial charge is 0.227 e. The summed E-state index contributed by atoms with van der Waals surface area (Å²) in [5.74, 6) is 0.165. The summed E-state index contributed by atoms with van der Waals surface area (Å²) >= 11 is 0. The molecule has 2 N–H and O–H groups in total. The summed E-state index contributed by atoms with van der Waals surface area (Å²) in [5, 5.41) is 6.88. The lowest BCUT2D eigenvalue weighted by Gasteiger charge is -2.34. The number of aromatic nitrogens is 4. The second-order valence-electron chi connectivity index (χ2n) is 9.50. The van der Waals surface area contributed by atoms with Crippen LogP contribution in [-0.4, -0.2) is 63.5 Å². The van der Waals surface area contributed by atoms with Gasteiger partial charge in [-0.05, 0) is 55.4 Å². The van der Waals surface area contributed by atoms with Crippen molar-refractivity contribution >= 4 is 28.5 Å². The van der Waals surface area contributed by atoms with E-state index < -0.39 is 0 Å². The highest BCUT2D eigenvalue weighted by Crippen LogP contribution is 2.30. The highest BCUT2D eigenvalue weighted by molar-refractivity contribution is 5.82. The van der Waals surface area contributed by atoms with Gasteiger partial charge in [-0.1, -0.05) is 12.1 Å². The first-order valence-electron chi connectivity index (χ1n) is 12.3. The second kappa shape index (κ2) is 9.33. The number of nitrogens with zero attached hydrogens (tertiary/aromatic N) is 6. The first-order valence-corrected chi connectivity index (χ1v) is 12.3. The monoisotopic (exact) mass is 484 g/mol. The molecule has 1 fully saturated rings. The van der Waals surface area contributed by atoms with Crippen LogP contribution in [0.2, 0.25) is 0 Å². The molecule has 0 amide bonds. The van der Waals surface area contributed by atoms with E-state index in [-0.39, 0.29) is 12.0 Å². The van der Waals surface area contributed by atoms with E-state index in [1.54, 1.807) is 6.20 Å². The van der Waals surface area contributed by atoms with Crippen LogP contribution < -0.4 is 15.5 Å². The minimum Gasteiger partial charge on any atom is -0.369 e. The predicted octanol–water partition coefficient (Wildman–Crippen LogP) is 3.68. The summed E-state index contributed by atoms with van der Waals surface area (Å²) in [6.45, 7) is 6.86. The number of hydrogen-bond acceptors (Lipinski definition) is 7. The molecule has 0 bridgehead atoms. The van der Waals surface area contributed by atoms with E-state index in [1.807, 2.05) is 24.4 Å². The van der Waals surface area contributed by atoms with Gasteiger partial charge in [-0.15, -0.1) is 0 Å². The molecule has 0 spiro atoms. The lowest BCUT2D eigenvalue weighted by Crippen LogP contribution is -2.44. The van der Waals surface area contributed by atoms with Crippen molar-refractivity contribution in [2.75, 3.05) is 43.4 Å². The Morgan fingerprint density at radius 1 is 1.06 bits per heavy atom. The molecule has 6 rings (SSSR count). The van der Waals surface area contributed by atoms with Gasteiger partial charge < -0.3 is 20.4 Å². The van der Waals surface area contributed by atoms with Crippen LogP contribution in [0.3, 0.4) is 0 Å². The highest BCUT2D eigenvalue weighted by Gasteiger charge is 2.20. The summed E-state index contributed by atoms with van der Waals surface area (Å²) in [6.07, 6.45) is 7.01. The van der Waals surface area contributed by atoms with Crippen molar-refractivity contribution in [2.24, 2.45) is 0 Å². The van der Waals surface area contributed by atoms with E-state index in [0.29, 0.717) is 18.1 Å². The molecule has 0 unspecified atom stereocenters. The maximum Gasteiger partial charge on any atom is 0.227 e. The van der Waals surface area contributed by atoms with Crippen LogP contribution in [0.4, 0.5) is 21.7 Å². The number of nitrogens with one attached hydrogen (secondary N) is 2. The van der Waals surface area contributed by atoms with Crippen molar-refractivity contribution in [1.29, 1.82) is 0 Å². The average Bonchev–Trinajstić information content (AvgIpc) is 3.18. The Labute approximate surface area is 209 Å². The van der Waals surface area contributed by atoms with Crippen LogP contribution in [0.5, 0.6) is 0 Å². The minimum absolute atomic E-state index is 0.120. The average molecular weight is 485 g/mol. The molecule has 9 heteroatoms. The van der Waals surface area contributed by atoms with Crippen LogP contribution in [0, 0.1) is 5.95 Å². The van der Waals surface area contributed by atoms with Crippen molar-refractivity contribution in [1.82, 2.24) is 29.6 Å². The maximum atomic E-state index is 14.2. The predicted molar refractivity (Wildman–Crippen MR) is 140 cm³/mol. The number of benzene rings is 1. The number of fused-ring (bicyclic) bond motifs is 2. The summed E-state index contributed by atoms with van der Waals surface area (Å²) in [4.78, 5) is 18.4. The lowest BCUT2D eigenvalue weighted by molar-refractivity contribution is 0.313. The van der Waals surface area contributed by atoms with Gasteiger partial charge in [0, 0.05) is 68.1 Å². The number of anilines is 3. The van der Waals surface area contributed by atoms with Crippen LogP contribution in [0.25, 0.3) is 11.2 Å². The molecule has 8 nitrogen and oxygen atoms in total. The van der Waals surface area contributed by atoms with Gasteiger partial charge in [-0.2, -0.15) is 4.39 Å². The molecule has 2 aliphatic heterocycles. The Bertz CT molecular complexity index is 1440. The van der Waals surface area contributed by atoms with Gasteiger partial charge in [0.2, 0.25) is 11.9 Å². The molecular formula is C27H29FN8. The number of halogens is 1. The van der Waals surface area contributed by atoms with Gasteiger partial charge in [0.25, 0.3) is 0 Å². The molecule has 1 aromatic carbocycles. The van der Waals surface area contributed by atoms with Gasteiger partial charge in [0.05, 0.1) is 11.9 Å².